The Morgan fingerprint density at radius 3 is 2.63 bits per heavy atom. The number of aliphatic hydroxyl groups excluding tert-OH is 2. The number of phenols is 1. The van der Waals surface area contributed by atoms with Crippen molar-refractivity contribution in [1.82, 2.24) is 0 Å². The molecule has 0 radical (unpaired) electrons. The van der Waals surface area contributed by atoms with Crippen LogP contribution < -0.4 is 4.74 Å². The fourth-order valence-electron chi connectivity index (χ4n) is 2.28. The molecule has 0 spiro atoms. The first kappa shape index (κ1) is 23.5. The van der Waals surface area contributed by atoms with Crippen LogP contribution >= 0.6 is 22.6 Å². The summed E-state index contributed by atoms with van der Waals surface area (Å²) in [5.41, 5.74) is 4.12. The highest BCUT2D eigenvalue weighted by atomic mass is 127. The third kappa shape index (κ3) is 7.51. The predicted molar refractivity (Wildman–Crippen MR) is 108 cm³/mol. The quantitative estimate of drug-likeness (QED) is 0.262. The normalized spacial score (nSPS) is 12.7. The molecule has 150 valence electrons. The highest BCUT2D eigenvalue weighted by Gasteiger charge is 2.18. The van der Waals surface area contributed by atoms with Crippen LogP contribution in [0, 0.1) is 3.57 Å². The molecule has 8 heteroatoms. The lowest BCUT2D eigenvalue weighted by Crippen LogP contribution is -2.24. The molecule has 0 aliphatic carbocycles. The van der Waals surface area contributed by atoms with Crippen molar-refractivity contribution in [2.24, 2.45) is 0 Å². The number of methoxy groups -OCH3 is 2. The second-order valence-electron chi connectivity index (χ2n) is 5.66. The summed E-state index contributed by atoms with van der Waals surface area (Å²) in [5, 5.41) is 30.1. The summed E-state index contributed by atoms with van der Waals surface area (Å²) in [5.74, 6) is -0.383. The number of aliphatic hydroxyl groups is 2. The number of carbonyl (C=O) groups excluding carboxylic acids is 1. The number of aromatic hydroxyl groups is 1. The van der Waals surface area contributed by atoms with Gasteiger partial charge >= 0.3 is 5.97 Å². The van der Waals surface area contributed by atoms with Crippen molar-refractivity contribution in [3.05, 3.63) is 38.6 Å². The first-order valence-corrected chi connectivity index (χ1v) is 9.42. The summed E-state index contributed by atoms with van der Waals surface area (Å²) in [4.78, 5) is 11.5. The zero-order valence-electron chi connectivity index (χ0n) is 15.6. The van der Waals surface area contributed by atoms with Gasteiger partial charge in [0.2, 0.25) is 0 Å². The molecule has 7 nitrogen and oxygen atoms in total. The van der Waals surface area contributed by atoms with Gasteiger partial charge in [-0.25, -0.2) is 4.79 Å². The average Bonchev–Trinajstić information content (AvgIpc) is 2.63. The maximum Gasteiger partial charge on any atom is 0.335 e. The molecule has 0 saturated carbocycles. The van der Waals surface area contributed by atoms with Crippen molar-refractivity contribution < 1.29 is 34.3 Å². The van der Waals surface area contributed by atoms with Gasteiger partial charge in [-0.15, -0.1) is 5.73 Å². The molecule has 0 aliphatic heterocycles. The highest BCUT2D eigenvalue weighted by Crippen LogP contribution is 2.35. The van der Waals surface area contributed by atoms with Crippen molar-refractivity contribution in [3.63, 3.8) is 0 Å². The Kier molecular flexibility index (Phi) is 10.4. The van der Waals surface area contributed by atoms with Crippen LogP contribution in [0.25, 0.3) is 0 Å². The Hall–Kier alpha value is -1.58. The van der Waals surface area contributed by atoms with Gasteiger partial charge in [-0.3, -0.25) is 0 Å². The Bertz CT molecular complexity index is 696. The molecule has 0 aliphatic rings. The lowest BCUT2D eigenvalue weighted by molar-refractivity contribution is -0.152. The van der Waals surface area contributed by atoms with Gasteiger partial charge in [0, 0.05) is 25.5 Å². The molecule has 3 N–H and O–H groups in total. The van der Waals surface area contributed by atoms with Crippen molar-refractivity contribution in [3.8, 4) is 11.5 Å². The number of rotatable bonds is 10. The fraction of sp³-hybridized carbons (Fsp3) is 0.474. The van der Waals surface area contributed by atoms with Crippen molar-refractivity contribution in [2.75, 3.05) is 27.4 Å². The summed E-state index contributed by atoms with van der Waals surface area (Å²) in [6.07, 6.45) is -0.233. The lowest BCUT2D eigenvalue weighted by Gasteiger charge is -2.13. The number of ether oxygens (including phenoxy) is 3. The van der Waals surface area contributed by atoms with Gasteiger partial charge in [0.15, 0.2) is 17.6 Å². The van der Waals surface area contributed by atoms with E-state index in [0.717, 1.165) is 0 Å². The SMILES string of the molecule is CCOC(=O)[C@H](O)CC(=C=CC[C@@H](O)c1cc(I)c(O)c(OC)c1)COC. The monoisotopic (exact) mass is 492 g/mol. The van der Waals surface area contributed by atoms with E-state index in [-0.39, 0.29) is 37.6 Å². The number of halogens is 1. The fourth-order valence-corrected chi connectivity index (χ4v) is 2.91. The summed E-state index contributed by atoms with van der Waals surface area (Å²) in [6.45, 7) is 2.04. The molecule has 2 atom stereocenters. The lowest BCUT2D eigenvalue weighted by atomic mass is 10.0. The number of phenolic OH excluding ortho intramolecular Hbond substituents is 1. The molecule has 0 amide bonds. The van der Waals surface area contributed by atoms with E-state index in [1.807, 2.05) is 22.6 Å². The molecule has 0 unspecified atom stereocenters. The van der Waals surface area contributed by atoms with Gasteiger partial charge in [0.25, 0.3) is 0 Å². The first-order chi connectivity index (χ1) is 12.8. The van der Waals surface area contributed by atoms with Gasteiger partial charge in [0.1, 0.15) is 0 Å². The molecule has 1 aromatic carbocycles. The maximum atomic E-state index is 11.5. The van der Waals surface area contributed by atoms with E-state index in [0.29, 0.717) is 14.7 Å². The van der Waals surface area contributed by atoms with E-state index in [1.54, 1.807) is 25.1 Å². The summed E-state index contributed by atoms with van der Waals surface area (Å²) >= 11 is 1.96. The van der Waals surface area contributed by atoms with Gasteiger partial charge in [0.05, 0.1) is 30.0 Å². The molecule has 0 aromatic heterocycles. The van der Waals surface area contributed by atoms with E-state index in [2.05, 4.69) is 5.73 Å². The van der Waals surface area contributed by atoms with Crippen LogP contribution in [0.1, 0.15) is 31.4 Å². The zero-order valence-corrected chi connectivity index (χ0v) is 17.7. The van der Waals surface area contributed by atoms with Gasteiger partial charge < -0.3 is 29.5 Å². The number of hydrogen-bond acceptors (Lipinski definition) is 7. The van der Waals surface area contributed by atoms with E-state index in [9.17, 15) is 20.1 Å². The van der Waals surface area contributed by atoms with Gasteiger partial charge in [-0.2, -0.15) is 0 Å². The topological polar surface area (TPSA) is 105 Å². The number of hydrogen-bond donors (Lipinski definition) is 3. The first-order valence-electron chi connectivity index (χ1n) is 8.34. The Morgan fingerprint density at radius 2 is 2.04 bits per heavy atom. The summed E-state index contributed by atoms with van der Waals surface area (Å²) in [7, 11) is 2.94. The van der Waals surface area contributed by atoms with Crippen LogP contribution in [-0.4, -0.2) is 54.8 Å². The van der Waals surface area contributed by atoms with E-state index >= 15 is 0 Å². The van der Waals surface area contributed by atoms with Crippen LogP contribution in [0.2, 0.25) is 0 Å². The van der Waals surface area contributed by atoms with Crippen LogP contribution in [0.5, 0.6) is 11.5 Å². The smallest absolute Gasteiger partial charge is 0.335 e. The average molecular weight is 492 g/mol. The van der Waals surface area contributed by atoms with E-state index < -0.39 is 18.2 Å². The Labute approximate surface area is 172 Å². The summed E-state index contributed by atoms with van der Waals surface area (Å²) < 4.78 is 15.5. The van der Waals surface area contributed by atoms with Crippen LogP contribution in [0.15, 0.2) is 29.5 Å². The number of benzene rings is 1. The third-order valence-corrected chi connectivity index (χ3v) is 4.44. The third-order valence-electron chi connectivity index (χ3n) is 3.62. The molecule has 0 saturated heterocycles. The molecule has 0 fully saturated rings. The number of esters is 1. The Balaban J connectivity index is 2.87. The van der Waals surface area contributed by atoms with E-state index in [1.165, 1.54) is 14.2 Å². The second-order valence-corrected chi connectivity index (χ2v) is 6.82. The molecule has 1 aromatic rings. The zero-order chi connectivity index (χ0) is 20.4. The molecule has 1 rings (SSSR count). The number of carbonyl (C=O) groups is 1. The van der Waals surface area contributed by atoms with Crippen LogP contribution in [-0.2, 0) is 14.3 Å². The van der Waals surface area contributed by atoms with Crippen molar-refractivity contribution in [1.29, 1.82) is 0 Å². The molecular formula is C19H25IO7. The van der Waals surface area contributed by atoms with Gasteiger partial charge in [-0.05, 0) is 53.3 Å². The minimum Gasteiger partial charge on any atom is -0.504 e. The van der Waals surface area contributed by atoms with Crippen molar-refractivity contribution >= 4 is 28.6 Å². The maximum absolute atomic E-state index is 11.5. The van der Waals surface area contributed by atoms with Crippen molar-refractivity contribution in [2.45, 2.75) is 32.0 Å². The van der Waals surface area contributed by atoms with Gasteiger partial charge in [-0.1, -0.05) is 0 Å². The van der Waals surface area contributed by atoms with Crippen LogP contribution in [0.4, 0.5) is 0 Å². The molecular weight excluding hydrogens is 467 g/mol. The minimum atomic E-state index is -1.29. The minimum absolute atomic E-state index is 0.0276. The van der Waals surface area contributed by atoms with Crippen LogP contribution in [0.3, 0.4) is 0 Å². The largest absolute Gasteiger partial charge is 0.504 e. The molecule has 27 heavy (non-hydrogen) atoms. The molecule has 0 bridgehead atoms. The second kappa shape index (κ2) is 12.0. The summed E-state index contributed by atoms with van der Waals surface area (Å²) in [6, 6.07) is 3.24. The Morgan fingerprint density at radius 1 is 1.33 bits per heavy atom. The predicted octanol–water partition coefficient (Wildman–Crippen LogP) is 2.47. The standard InChI is InChI=1S/C19H25IO7/c1-4-27-19(24)16(22)8-12(11-25-2)6-5-7-15(21)13-9-14(20)18(23)17(10-13)26-3/h5,9-10,15-16,21-23H,4,7-8,11H2,1-3H3/t6?,15-,16-/m1/s1. The highest BCUT2D eigenvalue weighted by molar-refractivity contribution is 14.1. The molecule has 0 heterocycles. The van der Waals surface area contributed by atoms with E-state index in [4.69, 9.17) is 14.2 Å².